The molecule has 2 atom stereocenters. The van der Waals surface area contributed by atoms with E-state index in [1.54, 1.807) is 13.0 Å². The number of ether oxygens (including phenoxy) is 1. The minimum atomic E-state index is -4.32. The highest BCUT2D eigenvalue weighted by molar-refractivity contribution is 5.31. The molecular weight excluding hydrogens is 243 g/mol. The smallest absolute Gasteiger partial charge is 0.359 e. The molecule has 1 saturated heterocycles. The zero-order valence-corrected chi connectivity index (χ0v) is 10.3. The second-order valence-electron chi connectivity index (χ2n) is 4.92. The van der Waals surface area contributed by atoms with E-state index in [1.165, 1.54) is 12.1 Å². The van der Waals surface area contributed by atoms with Crippen molar-refractivity contribution in [3.05, 3.63) is 35.4 Å². The first-order valence-electron chi connectivity index (χ1n) is 5.87. The maximum absolute atomic E-state index is 12.9. The summed E-state index contributed by atoms with van der Waals surface area (Å²) < 4.78 is 44.1. The Kier molecular flexibility index (Phi) is 3.38. The molecule has 0 aromatic heterocycles. The molecule has 0 amide bonds. The van der Waals surface area contributed by atoms with E-state index in [0.717, 1.165) is 6.07 Å². The summed E-state index contributed by atoms with van der Waals surface area (Å²) in [6.45, 7) is 4.25. The lowest BCUT2D eigenvalue weighted by Crippen LogP contribution is -2.42. The number of alkyl halides is 3. The highest BCUT2D eigenvalue weighted by Gasteiger charge is 2.38. The van der Waals surface area contributed by atoms with E-state index < -0.39 is 17.5 Å². The fourth-order valence-corrected chi connectivity index (χ4v) is 2.33. The Balaban J connectivity index is 2.24. The molecule has 2 rings (SSSR count). The minimum absolute atomic E-state index is 0.160. The number of hydrogen-bond donors (Lipinski definition) is 1. The van der Waals surface area contributed by atoms with Gasteiger partial charge in [0.2, 0.25) is 0 Å². The van der Waals surface area contributed by atoms with Crippen molar-refractivity contribution in [3.63, 3.8) is 0 Å². The molecular formula is C13H16F3NO. The van der Waals surface area contributed by atoms with Crippen molar-refractivity contribution >= 4 is 0 Å². The van der Waals surface area contributed by atoms with Gasteiger partial charge in [-0.05, 0) is 25.5 Å². The number of benzene rings is 1. The molecule has 0 aliphatic carbocycles. The number of rotatable bonds is 2. The normalized spacial score (nSPS) is 28.6. The Morgan fingerprint density at radius 1 is 1.39 bits per heavy atom. The maximum Gasteiger partial charge on any atom is 0.416 e. The van der Waals surface area contributed by atoms with Gasteiger partial charge in [0, 0.05) is 12.5 Å². The predicted octanol–water partition coefficient (Wildman–Crippen LogP) is 2.97. The molecule has 0 radical (unpaired) electrons. The van der Waals surface area contributed by atoms with E-state index in [1.807, 2.05) is 6.92 Å². The summed E-state index contributed by atoms with van der Waals surface area (Å²) in [5.41, 5.74) is -1.05. The van der Waals surface area contributed by atoms with E-state index in [9.17, 15) is 13.2 Å². The molecule has 0 saturated carbocycles. The Morgan fingerprint density at radius 3 is 2.61 bits per heavy atom. The van der Waals surface area contributed by atoms with E-state index in [4.69, 9.17) is 4.74 Å². The molecule has 5 heteroatoms. The van der Waals surface area contributed by atoms with Gasteiger partial charge >= 0.3 is 6.18 Å². The summed E-state index contributed by atoms with van der Waals surface area (Å²) >= 11 is 0. The molecule has 100 valence electrons. The van der Waals surface area contributed by atoms with Crippen LogP contribution < -0.4 is 5.32 Å². The summed E-state index contributed by atoms with van der Waals surface area (Å²) in [6.07, 6.45) is -4.12. The highest BCUT2D eigenvalue weighted by Crippen LogP contribution is 2.34. The second-order valence-corrected chi connectivity index (χ2v) is 4.92. The maximum atomic E-state index is 12.9. The molecule has 1 fully saturated rings. The summed E-state index contributed by atoms with van der Waals surface area (Å²) in [5, 5.41) is 3.17. The van der Waals surface area contributed by atoms with E-state index in [0.29, 0.717) is 6.61 Å². The fourth-order valence-electron chi connectivity index (χ4n) is 2.33. The van der Waals surface area contributed by atoms with Crippen molar-refractivity contribution in [2.24, 2.45) is 0 Å². The number of hydrogen-bond acceptors (Lipinski definition) is 2. The lowest BCUT2D eigenvalue weighted by molar-refractivity contribution is -0.138. The van der Waals surface area contributed by atoms with E-state index in [2.05, 4.69) is 5.32 Å². The molecule has 1 aromatic carbocycles. The Bertz CT molecular complexity index is 432. The quantitative estimate of drug-likeness (QED) is 0.881. The zero-order chi connectivity index (χ0) is 13.4. The van der Waals surface area contributed by atoms with Gasteiger partial charge in [0.05, 0.1) is 12.2 Å². The molecule has 1 aromatic rings. The Hall–Kier alpha value is -1.07. The van der Waals surface area contributed by atoms with Crippen LogP contribution in [0.25, 0.3) is 0 Å². The van der Waals surface area contributed by atoms with Crippen LogP contribution in [0.1, 0.15) is 25.0 Å². The average molecular weight is 259 g/mol. The number of nitrogens with one attached hydrogen (secondary N) is 1. The van der Waals surface area contributed by atoms with E-state index in [-0.39, 0.29) is 18.0 Å². The van der Waals surface area contributed by atoms with Gasteiger partial charge in [-0.2, -0.15) is 13.2 Å². The number of halogens is 3. The second kappa shape index (κ2) is 4.55. The van der Waals surface area contributed by atoms with Gasteiger partial charge in [-0.3, -0.25) is 5.32 Å². The summed E-state index contributed by atoms with van der Waals surface area (Å²) in [4.78, 5) is 0. The van der Waals surface area contributed by atoms with Gasteiger partial charge in [0.1, 0.15) is 5.72 Å². The molecule has 1 aliphatic heterocycles. The van der Waals surface area contributed by atoms with Crippen molar-refractivity contribution in [2.75, 3.05) is 6.61 Å². The van der Waals surface area contributed by atoms with Crippen LogP contribution in [0.15, 0.2) is 24.3 Å². The molecule has 1 heterocycles. The van der Waals surface area contributed by atoms with Gasteiger partial charge in [-0.1, -0.05) is 18.2 Å². The van der Waals surface area contributed by atoms with Crippen LogP contribution in [-0.2, 0) is 17.3 Å². The largest absolute Gasteiger partial charge is 0.416 e. The minimum Gasteiger partial charge on any atom is -0.359 e. The third-order valence-corrected chi connectivity index (χ3v) is 3.05. The van der Waals surface area contributed by atoms with Gasteiger partial charge in [0.15, 0.2) is 0 Å². The third kappa shape index (κ3) is 2.84. The van der Waals surface area contributed by atoms with Crippen LogP contribution in [0.4, 0.5) is 13.2 Å². The topological polar surface area (TPSA) is 21.3 Å². The lowest BCUT2D eigenvalue weighted by Gasteiger charge is -2.25. The van der Waals surface area contributed by atoms with Crippen molar-refractivity contribution < 1.29 is 17.9 Å². The van der Waals surface area contributed by atoms with Gasteiger partial charge in [0.25, 0.3) is 0 Å². The SMILES string of the molecule is CC1COC(C)(Cc2ccccc2C(F)(F)F)N1. The molecule has 18 heavy (non-hydrogen) atoms. The fraction of sp³-hybridized carbons (Fsp3) is 0.538. The third-order valence-electron chi connectivity index (χ3n) is 3.05. The summed E-state index contributed by atoms with van der Waals surface area (Å²) in [5.74, 6) is 0. The summed E-state index contributed by atoms with van der Waals surface area (Å²) in [6, 6.07) is 5.79. The van der Waals surface area contributed by atoms with Crippen LogP contribution in [0, 0.1) is 0 Å². The first kappa shape index (κ1) is 13.4. The Morgan fingerprint density at radius 2 is 2.06 bits per heavy atom. The van der Waals surface area contributed by atoms with Gasteiger partial charge < -0.3 is 4.74 Å². The average Bonchev–Trinajstić information content (AvgIpc) is 2.57. The van der Waals surface area contributed by atoms with E-state index >= 15 is 0 Å². The zero-order valence-electron chi connectivity index (χ0n) is 10.3. The first-order chi connectivity index (χ1) is 8.30. The molecule has 1 aliphatic rings. The molecule has 1 N–H and O–H groups in total. The standard InChI is InChI=1S/C13H16F3NO/c1-9-8-18-12(2,17-9)7-10-5-3-4-6-11(10)13(14,15)16/h3-6,9,17H,7-8H2,1-2H3. The van der Waals surface area contributed by atoms with Crippen LogP contribution in [0.5, 0.6) is 0 Å². The first-order valence-corrected chi connectivity index (χ1v) is 5.87. The van der Waals surface area contributed by atoms with Crippen LogP contribution in [0.3, 0.4) is 0 Å². The molecule has 2 unspecified atom stereocenters. The summed E-state index contributed by atoms with van der Waals surface area (Å²) in [7, 11) is 0. The highest BCUT2D eigenvalue weighted by atomic mass is 19.4. The Labute approximate surface area is 104 Å². The van der Waals surface area contributed by atoms with Gasteiger partial charge in [-0.15, -0.1) is 0 Å². The van der Waals surface area contributed by atoms with Crippen LogP contribution >= 0.6 is 0 Å². The lowest BCUT2D eigenvalue weighted by atomic mass is 9.98. The van der Waals surface area contributed by atoms with Crippen molar-refractivity contribution in [1.29, 1.82) is 0 Å². The monoisotopic (exact) mass is 259 g/mol. The van der Waals surface area contributed by atoms with Crippen molar-refractivity contribution in [1.82, 2.24) is 5.32 Å². The molecule has 0 bridgehead atoms. The van der Waals surface area contributed by atoms with Crippen LogP contribution in [-0.4, -0.2) is 18.4 Å². The van der Waals surface area contributed by atoms with Crippen LogP contribution in [0.2, 0.25) is 0 Å². The van der Waals surface area contributed by atoms with Gasteiger partial charge in [-0.25, -0.2) is 0 Å². The predicted molar refractivity (Wildman–Crippen MR) is 62.1 cm³/mol. The van der Waals surface area contributed by atoms with Crippen molar-refractivity contribution in [2.45, 2.75) is 38.2 Å². The molecule has 2 nitrogen and oxygen atoms in total. The van der Waals surface area contributed by atoms with Crippen molar-refractivity contribution in [3.8, 4) is 0 Å². The molecule has 0 spiro atoms.